The second-order valence-corrected chi connectivity index (χ2v) is 8.97. The van der Waals surface area contributed by atoms with Crippen molar-refractivity contribution >= 4 is 40.5 Å². The number of hydrogen-bond acceptors (Lipinski definition) is 5. The van der Waals surface area contributed by atoms with E-state index in [9.17, 15) is 4.79 Å². The van der Waals surface area contributed by atoms with Crippen LogP contribution in [0.25, 0.3) is 11.4 Å². The summed E-state index contributed by atoms with van der Waals surface area (Å²) in [5, 5.41) is 3.82. The van der Waals surface area contributed by atoms with Crippen LogP contribution in [-0.4, -0.2) is 53.0 Å². The first-order valence-electron chi connectivity index (χ1n) is 10.5. The largest absolute Gasteiger partial charge is 0.368 e. The van der Waals surface area contributed by atoms with E-state index in [2.05, 4.69) is 46.0 Å². The fraction of sp³-hybridized carbons (Fsp3) is 0.292. The second kappa shape index (κ2) is 9.45. The average molecular weight is 470 g/mol. The molecule has 32 heavy (non-hydrogen) atoms. The van der Waals surface area contributed by atoms with Crippen LogP contribution in [-0.2, 0) is 0 Å². The lowest BCUT2D eigenvalue weighted by Gasteiger charge is -2.43. The normalized spacial score (nSPS) is 19.1. The van der Waals surface area contributed by atoms with E-state index < -0.39 is 0 Å². The molecule has 0 radical (unpaired) electrons. The van der Waals surface area contributed by atoms with Gasteiger partial charge in [0.1, 0.15) is 0 Å². The lowest BCUT2D eigenvalue weighted by Crippen LogP contribution is -2.55. The number of hydrogen-bond donors (Lipinski definition) is 1. The number of halogens is 2. The molecule has 6 nitrogen and oxygen atoms in total. The Balaban J connectivity index is 1.52. The molecule has 3 aromatic rings. The zero-order valence-electron chi connectivity index (χ0n) is 18.2. The highest BCUT2D eigenvalue weighted by Gasteiger charge is 2.27. The molecule has 1 amide bonds. The van der Waals surface area contributed by atoms with Crippen molar-refractivity contribution in [2.24, 2.45) is 0 Å². The highest BCUT2D eigenvalue weighted by atomic mass is 35.5. The molecule has 0 unspecified atom stereocenters. The molecule has 2 atom stereocenters. The van der Waals surface area contributed by atoms with Gasteiger partial charge >= 0.3 is 0 Å². The van der Waals surface area contributed by atoms with Gasteiger partial charge in [-0.2, -0.15) is 0 Å². The van der Waals surface area contributed by atoms with Gasteiger partial charge in [0, 0.05) is 54.5 Å². The quantitative estimate of drug-likeness (QED) is 0.566. The van der Waals surface area contributed by atoms with E-state index in [4.69, 9.17) is 23.2 Å². The first-order chi connectivity index (χ1) is 15.3. The van der Waals surface area contributed by atoms with Crippen LogP contribution in [0.3, 0.4) is 0 Å². The van der Waals surface area contributed by atoms with Gasteiger partial charge in [0.25, 0.3) is 5.91 Å². The first kappa shape index (κ1) is 22.5. The van der Waals surface area contributed by atoms with Crippen LogP contribution in [0.15, 0.2) is 54.9 Å². The number of anilines is 2. The molecule has 166 valence electrons. The number of benzene rings is 2. The molecule has 1 aromatic heterocycles. The molecule has 1 N–H and O–H groups in total. The van der Waals surface area contributed by atoms with E-state index in [0.717, 1.165) is 18.8 Å². The molecule has 2 aromatic carbocycles. The maximum Gasteiger partial charge on any atom is 0.257 e. The summed E-state index contributed by atoms with van der Waals surface area (Å²) < 4.78 is 0. The van der Waals surface area contributed by atoms with Gasteiger partial charge in [-0.05, 0) is 63.4 Å². The molecule has 2 heterocycles. The van der Waals surface area contributed by atoms with E-state index in [0.29, 0.717) is 44.8 Å². The van der Waals surface area contributed by atoms with Gasteiger partial charge in [-0.3, -0.25) is 9.69 Å². The summed E-state index contributed by atoms with van der Waals surface area (Å²) in [6.07, 6.45) is 3.29. The predicted octanol–water partition coefficient (Wildman–Crippen LogP) is 5.23. The topological polar surface area (TPSA) is 61.4 Å². The Bertz CT molecular complexity index is 1110. The van der Waals surface area contributed by atoms with Crippen molar-refractivity contribution < 1.29 is 4.79 Å². The van der Waals surface area contributed by atoms with Crippen LogP contribution >= 0.6 is 23.2 Å². The van der Waals surface area contributed by atoms with Crippen molar-refractivity contribution in [3.63, 3.8) is 0 Å². The zero-order valence-corrected chi connectivity index (χ0v) is 19.7. The summed E-state index contributed by atoms with van der Waals surface area (Å²) in [5.41, 5.74) is 2.67. The number of likely N-dealkylation sites (N-methyl/N-ethyl adjacent to an activating group) is 1. The Labute approximate surface area is 198 Å². The minimum absolute atomic E-state index is 0.288. The summed E-state index contributed by atoms with van der Waals surface area (Å²) >= 11 is 12.8. The molecule has 8 heteroatoms. The fourth-order valence-electron chi connectivity index (χ4n) is 3.91. The molecular weight excluding hydrogens is 445 g/mol. The van der Waals surface area contributed by atoms with E-state index >= 15 is 0 Å². The maximum absolute atomic E-state index is 12.9. The molecule has 1 saturated heterocycles. The van der Waals surface area contributed by atoms with Crippen LogP contribution in [0.2, 0.25) is 10.0 Å². The lowest BCUT2D eigenvalue weighted by molar-refractivity contribution is 0.102. The van der Waals surface area contributed by atoms with Crippen LogP contribution in [0.1, 0.15) is 24.2 Å². The summed E-state index contributed by atoms with van der Waals surface area (Å²) in [7, 11) is 2.15. The van der Waals surface area contributed by atoms with E-state index in [1.54, 1.807) is 42.7 Å². The van der Waals surface area contributed by atoms with Gasteiger partial charge in [0.15, 0.2) is 5.82 Å². The van der Waals surface area contributed by atoms with E-state index in [1.807, 2.05) is 12.1 Å². The molecule has 0 bridgehead atoms. The van der Waals surface area contributed by atoms with Crippen molar-refractivity contribution in [1.82, 2.24) is 14.9 Å². The monoisotopic (exact) mass is 469 g/mol. The highest BCUT2D eigenvalue weighted by Crippen LogP contribution is 2.30. The number of amides is 1. The minimum Gasteiger partial charge on any atom is -0.368 e. The molecule has 1 aliphatic rings. The van der Waals surface area contributed by atoms with Crippen molar-refractivity contribution in [3.8, 4) is 11.4 Å². The number of nitrogens with one attached hydrogen (secondary N) is 1. The number of aromatic nitrogens is 2. The number of carbonyl (C=O) groups is 1. The number of rotatable bonds is 4. The van der Waals surface area contributed by atoms with Gasteiger partial charge in [-0.1, -0.05) is 23.2 Å². The Morgan fingerprint density at radius 3 is 2.34 bits per heavy atom. The summed E-state index contributed by atoms with van der Waals surface area (Å²) in [5.74, 6) is 0.204. The molecular formula is C24H25Cl2N5O. The van der Waals surface area contributed by atoms with Crippen LogP contribution < -0.4 is 10.2 Å². The molecule has 0 saturated carbocycles. The van der Waals surface area contributed by atoms with E-state index in [1.165, 1.54) is 0 Å². The van der Waals surface area contributed by atoms with Crippen LogP contribution in [0.4, 0.5) is 11.4 Å². The van der Waals surface area contributed by atoms with Crippen molar-refractivity contribution in [1.29, 1.82) is 0 Å². The van der Waals surface area contributed by atoms with Crippen molar-refractivity contribution in [2.45, 2.75) is 25.9 Å². The summed E-state index contributed by atoms with van der Waals surface area (Å²) in [6, 6.07) is 13.4. The van der Waals surface area contributed by atoms with Gasteiger partial charge in [0.05, 0.1) is 15.6 Å². The third-order valence-corrected chi connectivity index (χ3v) is 6.60. The predicted molar refractivity (Wildman–Crippen MR) is 131 cm³/mol. The Kier molecular flexibility index (Phi) is 6.65. The average Bonchev–Trinajstić information content (AvgIpc) is 2.78. The van der Waals surface area contributed by atoms with Gasteiger partial charge in [-0.25, -0.2) is 9.97 Å². The third-order valence-electron chi connectivity index (χ3n) is 5.95. The lowest BCUT2D eigenvalue weighted by atomic mass is 10.1. The number of piperazine rings is 1. The van der Waals surface area contributed by atoms with Gasteiger partial charge in [0.2, 0.25) is 0 Å². The minimum atomic E-state index is -0.288. The molecule has 0 spiro atoms. The molecule has 1 aliphatic heterocycles. The first-order valence-corrected chi connectivity index (χ1v) is 11.2. The Hall–Kier alpha value is -2.67. The summed E-state index contributed by atoms with van der Waals surface area (Å²) in [4.78, 5) is 26.1. The molecule has 4 rings (SSSR count). The van der Waals surface area contributed by atoms with Crippen LogP contribution in [0.5, 0.6) is 0 Å². The fourth-order valence-corrected chi connectivity index (χ4v) is 4.37. The van der Waals surface area contributed by atoms with E-state index in [-0.39, 0.29) is 5.91 Å². The Morgan fingerprint density at radius 2 is 1.69 bits per heavy atom. The molecule has 1 fully saturated rings. The number of nitrogens with zero attached hydrogens (tertiary/aromatic N) is 4. The number of carbonyl (C=O) groups excluding carboxylic acids is 1. The smallest absolute Gasteiger partial charge is 0.257 e. The Morgan fingerprint density at radius 1 is 1.00 bits per heavy atom. The standard InChI is InChI=1S/C24H25Cl2N5O/c1-15-13-31(14-16(2)30(15)3)18-6-7-19(22(26)12-18)24(32)29-17-5-8-21(25)20(11-17)23-27-9-4-10-28-23/h4-12,15-16H,13-14H2,1-3H3,(H,29,32)/t15-,16+. The van der Waals surface area contributed by atoms with Crippen LogP contribution in [0, 0.1) is 0 Å². The van der Waals surface area contributed by atoms with Crippen molar-refractivity contribution in [3.05, 3.63) is 70.5 Å². The highest BCUT2D eigenvalue weighted by molar-refractivity contribution is 6.35. The van der Waals surface area contributed by atoms with Gasteiger partial charge < -0.3 is 10.2 Å². The third kappa shape index (κ3) is 4.72. The maximum atomic E-state index is 12.9. The molecule has 0 aliphatic carbocycles. The SMILES string of the molecule is C[C@@H]1CN(c2ccc(C(=O)Nc3ccc(Cl)c(-c4ncccn4)c3)c(Cl)c2)C[C@H](C)N1C. The second-order valence-electron chi connectivity index (χ2n) is 8.15. The van der Waals surface area contributed by atoms with Crippen molar-refractivity contribution in [2.75, 3.05) is 30.4 Å². The zero-order chi connectivity index (χ0) is 22.8. The summed E-state index contributed by atoms with van der Waals surface area (Å²) in [6.45, 7) is 6.26. The van der Waals surface area contributed by atoms with Gasteiger partial charge in [-0.15, -0.1) is 0 Å².